The Kier molecular flexibility index (Phi) is 8.15. The van der Waals surface area contributed by atoms with Gasteiger partial charge in [-0.05, 0) is 24.3 Å². The minimum absolute atomic E-state index is 0.201. The molecule has 116 valence electrons. The molecule has 0 aliphatic rings. The zero-order valence-electron chi connectivity index (χ0n) is 10.3. The highest BCUT2D eigenvalue weighted by Crippen LogP contribution is 2.13. The van der Waals surface area contributed by atoms with E-state index in [1.807, 2.05) is 12.1 Å². The Morgan fingerprint density at radius 1 is 1.24 bits per heavy atom. The van der Waals surface area contributed by atoms with Crippen molar-refractivity contribution < 1.29 is 22.3 Å². The summed E-state index contributed by atoms with van der Waals surface area (Å²) in [7, 11) is -4.67. The molecular formula is C9H12BrN5O5S. The molecule has 0 fully saturated rings. The number of nitrogens with one attached hydrogen (secondary N) is 1. The number of nitrogens with zero attached hydrogens (tertiary/aromatic N) is 2. The van der Waals surface area contributed by atoms with Gasteiger partial charge in [0, 0.05) is 10.2 Å². The van der Waals surface area contributed by atoms with Crippen LogP contribution in [0.5, 0.6) is 0 Å². The van der Waals surface area contributed by atoms with Crippen molar-refractivity contribution in [3.63, 3.8) is 0 Å². The third kappa shape index (κ3) is 14.2. The Hall–Kier alpha value is -2.02. The summed E-state index contributed by atoms with van der Waals surface area (Å²) in [6.07, 6.45) is 0.988. The van der Waals surface area contributed by atoms with Crippen LogP contribution in [0.3, 0.4) is 0 Å². The standard InChI is InChI=1S/C9H10BrN5O.H2O4S/c10-6-1-3-7(4-2-6)14-8(16)5-13-15-9(11)12;1-5(2,3)4/h1-5H,(H,14,16)(H4,11,12,15);(H2,1,2,3,4)/b13-5+;. The molecule has 10 nitrogen and oxygen atoms in total. The van der Waals surface area contributed by atoms with E-state index in [1.54, 1.807) is 12.1 Å². The summed E-state index contributed by atoms with van der Waals surface area (Å²) in [4.78, 5) is 11.3. The minimum Gasteiger partial charge on any atom is -0.369 e. The number of benzene rings is 1. The van der Waals surface area contributed by atoms with Gasteiger partial charge in [-0.1, -0.05) is 15.9 Å². The molecule has 1 amide bonds. The largest absolute Gasteiger partial charge is 0.394 e. The van der Waals surface area contributed by atoms with E-state index in [0.717, 1.165) is 10.7 Å². The fraction of sp³-hybridized carbons (Fsp3) is 0. The third-order valence-electron chi connectivity index (χ3n) is 1.46. The molecule has 12 heteroatoms. The topological polar surface area (TPSA) is 180 Å². The molecule has 1 rings (SSSR count). The maximum atomic E-state index is 11.3. The van der Waals surface area contributed by atoms with Crippen LogP contribution < -0.4 is 16.8 Å². The maximum absolute atomic E-state index is 11.3. The van der Waals surface area contributed by atoms with E-state index in [4.69, 9.17) is 29.0 Å². The predicted octanol–water partition coefficient (Wildman–Crippen LogP) is -0.00600. The summed E-state index contributed by atoms with van der Waals surface area (Å²) in [5, 5.41) is 9.25. The number of halogens is 1. The van der Waals surface area contributed by atoms with Crippen LogP contribution in [0.4, 0.5) is 5.69 Å². The molecule has 0 atom stereocenters. The number of amides is 1. The number of hydrogen-bond acceptors (Lipinski definition) is 5. The molecule has 0 aliphatic heterocycles. The van der Waals surface area contributed by atoms with Crippen molar-refractivity contribution in [2.24, 2.45) is 21.7 Å². The molecule has 0 heterocycles. The van der Waals surface area contributed by atoms with Gasteiger partial charge in [0.05, 0.1) is 0 Å². The zero-order valence-corrected chi connectivity index (χ0v) is 12.7. The van der Waals surface area contributed by atoms with E-state index < -0.39 is 16.3 Å². The average molecular weight is 382 g/mol. The second-order valence-electron chi connectivity index (χ2n) is 3.21. The Bertz CT molecular complexity index is 616. The van der Waals surface area contributed by atoms with Crippen LogP contribution in [0.15, 0.2) is 38.9 Å². The Balaban J connectivity index is 0.000000690. The summed E-state index contributed by atoms with van der Waals surface area (Å²) in [5.74, 6) is -0.611. The molecular weight excluding hydrogens is 370 g/mol. The van der Waals surface area contributed by atoms with Crippen molar-refractivity contribution in [2.45, 2.75) is 0 Å². The maximum Gasteiger partial charge on any atom is 0.394 e. The van der Waals surface area contributed by atoms with Crippen molar-refractivity contribution in [2.75, 3.05) is 5.32 Å². The Morgan fingerprint density at radius 2 is 1.71 bits per heavy atom. The molecule has 0 aromatic heterocycles. The van der Waals surface area contributed by atoms with Crippen LogP contribution in [0.25, 0.3) is 0 Å². The van der Waals surface area contributed by atoms with Crippen LogP contribution in [0.1, 0.15) is 0 Å². The second-order valence-corrected chi connectivity index (χ2v) is 5.02. The predicted molar refractivity (Wildman–Crippen MR) is 81.3 cm³/mol. The summed E-state index contributed by atoms with van der Waals surface area (Å²) >= 11 is 3.28. The third-order valence-corrected chi connectivity index (χ3v) is 1.99. The summed E-state index contributed by atoms with van der Waals surface area (Å²) in [6.45, 7) is 0. The minimum atomic E-state index is -4.67. The monoisotopic (exact) mass is 381 g/mol. The number of hydrogen-bond donors (Lipinski definition) is 5. The van der Waals surface area contributed by atoms with E-state index in [-0.39, 0.29) is 5.96 Å². The molecule has 0 bridgehead atoms. The van der Waals surface area contributed by atoms with Crippen LogP contribution in [0, 0.1) is 0 Å². The molecule has 7 N–H and O–H groups in total. The number of carbonyl (C=O) groups is 1. The van der Waals surface area contributed by atoms with Gasteiger partial charge in [0.15, 0.2) is 0 Å². The number of guanidine groups is 1. The SMILES string of the molecule is NC(N)=N/N=C/C(=O)Nc1ccc(Br)cc1.O=S(=O)(O)O. The van der Waals surface area contributed by atoms with Crippen molar-refractivity contribution in [1.82, 2.24) is 0 Å². The van der Waals surface area contributed by atoms with E-state index in [9.17, 15) is 4.79 Å². The summed E-state index contributed by atoms with van der Waals surface area (Å²) in [5.41, 5.74) is 10.7. The first-order valence-corrected chi connectivity index (χ1v) is 7.15. The van der Waals surface area contributed by atoms with Crippen molar-refractivity contribution in [1.29, 1.82) is 0 Å². The first-order chi connectivity index (χ1) is 9.58. The molecule has 1 aromatic rings. The number of anilines is 1. The number of carbonyl (C=O) groups excluding carboxylic acids is 1. The lowest BCUT2D eigenvalue weighted by atomic mass is 10.3. The van der Waals surface area contributed by atoms with Gasteiger partial charge in [0.25, 0.3) is 5.91 Å². The van der Waals surface area contributed by atoms with Crippen molar-refractivity contribution in [3.05, 3.63) is 28.7 Å². The first-order valence-electron chi connectivity index (χ1n) is 4.96. The lowest BCUT2D eigenvalue weighted by Gasteiger charge is -2.00. The van der Waals surface area contributed by atoms with Crippen LogP contribution in [0.2, 0.25) is 0 Å². The van der Waals surface area contributed by atoms with Crippen molar-refractivity contribution in [3.8, 4) is 0 Å². The van der Waals surface area contributed by atoms with Gasteiger partial charge in [-0.3, -0.25) is 13.9 Å². The second kappa shape index (κ2) is 9.02. The average Bonchev–Trinajstić information content (AvgIpc) is 2.29. The number of nitrogens with two attached hydrogens (primary N) is 2. The fourth-order valence-electron chi connectivity index (χ4n) is 0.856. The highest BCUT2D eigenvalue weighted by Gasteiger charge is 1.97. The Labute approximate surface area is 128 Å². The van der Waals surface area contributed by atoms with Gasteiger partial charge < -0.3 is 16.8 Å². The molecule has 0 saturated carbocycles. The quantitative estimate of drug-likeness (QED) is 0.211. The fourth-order valence-corrected chi connectivity index (χ4v) is 1.12. The lowest BCUT2D eigenvalue weighted by Crippen LogP contribution is -2.22. The normalized spacial score (nSPS) is 10.4. The van der Waals surface area contributed by atoms with Crippen LogP contribution in [-0.4, -0.2) is 35.6 Å². The molecule has 0 saturated heterocycles. The van der Waals surface area contributed by atoms with Gasteiger partial charge in [0.1, 0.15) is 6.21 Å². The lowest BCUT2D eigenvalue weighted by molar-refractivity contribution is -0.110. The van der Waals surface area contributed by atoms with E-state index in [1.165, 1.54) is 0 Å². The number of rotatable bonds is 3. The molecule has 0 radical (unpaired) electrons. The van der Waals surface area contributed by atoms with E-state index >= 15 is 0 Å². The molecule has 0 unspecified atom stereocenters. The molecule has 0 aliphatic carbocycles. The first kappa shape index (κ1) is 19.0. The van der Waals surface area contributed by atoms with Gasteiger partial charge in [-0.2, -0.15) is 8.42 Å². The highest BCUT2D eigenvalue weighted by atomic mass is 79.9. The molecule has 1 aromatic carbocycles. The van der Waals surface area contributed by atoms with E-state index in [2.05, 4.69) is 31.4 Å². The van der Waals surface area contributed by atoms with Crippen LogP contribution in [-0.2, 0) is 15.2 Å². The van der Waals surface area contributed by atoms with Crippen LogP contribution >= 0.6 is 15.9 Å². The summed E-state index contributed by atoms with van der Waals surface area (Å²) in [6, 6.07) is 7.11. The van der Waals surface area contributed by atoms with Gasteiger partial charge in [-0.25, -0.2) is 0 Å². The highest BCUT2D eigenvalue weighted by molar-refractivity contribution is 9.10. The van der Waals surface area contributed by atoms with E-state index in [0.29, 0.717) is 5.69 Å². The van der Waals surface area contributed by atoms with Gasteiger partial charge in [0.2, 0.25) is 5.96 Å². The van der Waals surface area contributed by atoms with Gasteiger partial charge in [-0.15, -0.1) is 10.2 Å². The van der Waals surface area contributed by atoms with Crippen molar-refractivity contribution >= 4 is 50.1 Å². The zero-order chi connectivity index (χ0) is 16.5. The smallest absolute Gasteiger partial charge is 0.369 e. The van der Waals surface area contributed by atoms with Gasteiger partial charge >= 0.3 is 10.4 Å². The molecule has 21 heavy (non-hydrogen) atoms. The molecule has 0 spiro atoms. The summed E-state index contributed by atoms with van der Waals surface area (Å²) < 4.78 is 32.5. The Morgan fingerprint density at radius 3 is 2.14 bits per heavy atom.